The average Bonchev–Trinajstić information content (AvgIpc) is 2.46. The molecule has 1 aromatic carbocycles. The van der Waals surface area contributed by atoms with Crippen molar-refractivity contribution >= 4 is 21.7 Å². The second-order valence-electron chi connectivity index (χ2n) is 5.58. The van der Waals surface area contributed by atoms with Crippen LogP contribution in [-0.2, 0) is 19.4 Å². The largest absolute Gasteiger partial charge is 0.481 e. The predicted molar refractivity (Wildman–Crippen MR) is 82.2 cm³/mol. The average molecular weight is 341 g/mol. The quantitative estimate of drug-likeness (QED) is 0.866. The number of sulfone groups is 1. The highest BCUT2D eigenvalue weighted by molar-refractivity contribution is 7.90. The smallest absolute Gasteiger partial charge is 0.305 e. The summed E-state index contributed by atoms with van der Waals surface area (Å²) in [5.74, 6) is -1.40. The Bertz CT molecular complexity index is 727. The van der Waals surface area contributed by atoms with Gasteiger partial charge >= 0.3 is 5.97 Å². The maximum Gasteiger partial charge on any atom is 0.305 e. The molecule has 1 unspecified atom stereocenters. The molecule has 7 nitrogen and oxygen atoms in total. The van der Waals surface area contributed by atoms with Crippen LogP contribution in [0.25, 0.3) is 0 Å². The van der Waals surface area contributed by atoms with Crippen LogP contribution in [-0.4, -0.2) is 62.4 Å². The third-order valence-electron chi connectivity index (χ3n) is 3.73. The van der Waals surface area contributed by atoms with E-state index in [1.165, 1.54) is 11.0 Å². The van der Waals surface area contributed by atoms with Gasteiger partial charge in [-0.25, -0.2) is 8.42 Å². The number of carboxylic acid groups (broad SMARTS) is 1. The zero-order valence-corrected chi connectivity index (χ0v) is 13.8. The highest BCUT2D eigenvalue weighted by atomic mass is 32.2. The molecule has 0 saturated carbocycles. The number of hydrogen-bond acceptors (Lipinski definition) is 5. The van der Waals surface area contributed by atoms with E-state index in [0.717, 1.165) is 6.26 Å². The fraction of sp³-hybridized carbons (Fsp3) is 0.467. The number of aryl methyl sites for hydroxylation is 1. The fourth-order valence-corrected chi connectivity index (χ4v) is 3.59. The first-order chi connectivity index (χ1) is 10.7. The van der Waals surface area contributed by atoms with Gasteiger partial charge in [0.05, 0.1) is 30.6 Å². The molecule has 0 aromatic heterocycles. The van der Waals surface area contributed by atoms with Crippen LogP contribution in [0.1, 0.15) is 22.3 Å². The second-order valence-corrected chi connectivity index (χ2v) is 7.56. The van der Waals surface area contributed by atoms with Crippen LogP contribution in [0.4, 0.5) is 0 Å². The normalized spacial score (nSPS) is 18.7. The molecule has 2 rings (SSSR count). The van der Waals surface area contributed by atoms with Crippen molar-refractivity contribution in [2.75, 3.05) is 26.0 Å². The summed E-state index contributed by atoms with van der Waals surface area (Å²) in [6, 6.07) is 3.92. The molecule has 8 heteroatoms. The molecule has 0 bridgehead atoms. The minimum Gasteiger partial charge on any atom is -0.481 e. The molecule has 126 valence electrons. The molecule has 23 heavy (non-hydrogen) atoms. The van der Waals surface area contributed by atoms with Crippen LogP contribution in [0.2, 0.25) is 0 Å². The maximum atomic E-state index is 12.7. The second kappa shape index (κ2) is 6.67. The maximum absolute atomic E-state index is 12.7. The Kier molecular flexibility index (Phi) is 5.06. The van der Waals surface area contributed by atoms with Gasteiger partial charge < -0.3 is 14.7 Å². The van der Waals surface area contributed by atoms with Gasteiger partial charge in [0.15, 0.2) is 9.84 Å². The van der Waals surface area contributed by atoms with E-state index in [1.54, 1.807) is 19.1 Å². The van der Waals surface area contributed by atoms with Crippen molar-refractivity contribution in [3.63, 3.8) is 0 Å². The van der Waals surface area contributed by atoms with Crippen molar-refractivity contribution in [3.05, 3.63) is 29.3 Å². The monoisotopic (exact) mass is 341 g/mol. The molecule has 0 radical (unpaired) electrons. The Balaban J connectivity index is 2.33. The van der Waals surface area contributed by atoms with Crippen LogP contribution in [0.3, 0.4) is 0 Å². The Labute approximate surface area is 134 Å². The first-order valence-electron chi connectivity index (χ1n) is 7.11. The zero-order chi connectivity index (χ0) is 17.2. The van der Waals surface area contributed by atoms with Gasteiger partial charge in [0.25, 0.3) is 5.91 Å². The first kappa shape index (κ1) is 17.4. The molecule has 1 aliphatic rings. The first-order valence-corrected chi connectivity index (χ1v) is 9.00. The molecule has 1 heterocycles. The van der Waals surface area contributed by atoms with E-state index < -0.39 is 21.8 Å². The van der Waals surface area contributed by atoms with E-state index >= 15 is 0 Å². The standard InChI is InChI=1S/C15H19NO6S/c1-10-3-4-11(7-13(10)23(2,20)21)15(19)16-5-6-22-9-12(16)8-14(17)18/h3-4,7,12H,5-6,8-9H2,1-2H3,(H,17,18). The predicted octanol–water partition coefficient (Wildman–Crippen LogP) is 0.714. The van der Waals surface area contributed by atoms with Crippen molar-refractivity contribution in [2.24, 2.45) is 0 Å². The van der Waals surface area contributed by atoms with E-state index in [2.05, 4.69) is 0 Å². The van der Waals surface area contributed by atoms with Gasteiger partial charge in [-0.3, -0.25) is 9.59 Å². The van der Waals surface area contributed by atoms with E-state index in [4.69, 9.17) is 9.84 Å². The molecule has 0 spiro atoms. The van der Waals surface area contributed by atoms with E-state index in [9.17, 15) is 18.0 Å². The van der Waals surface area contributed by atoms with Crippen molar-refractivity contribution in [2.45, 2.75) is 24.3 Å². The fourth-order valence-electron chi connectivity index (χ4n) is 2.59. The highest BCUT2D eigenvalue weighted by Gasteiger charge is 2.30. The van der Waals surface area contributed by atoms with E-state index in [1.807, 2.05) is 0 Å². The number of carboxylic acids is 1. The number of nitrogens with zero attached hydrogens (tertiary/aromatic N) is 1. The van der Waals surface area contributed by atoms with Crippen molar-refractivity contribution in [1.29, 1.82) is 0 Å². The summed E-state index contributed by atoms with van der Waals surface area (Å²) in [6.45, 7) is 2.42. The lowest BCUT2D eigenvalue weighted by Gasteiger charge is -2.35. The molecule has 1 N–H and O–H groups in total. The summed E-state index contributed by atoms with van der Waals surface area (Å²) < 4.78 is 28.8. The van der Waals surface area contributed by atoms with Gasteiger partial charge in [-0.15, -0.1) is 0 Å². The third-order valence-corrected chi connectivity index (χ3v) is 4.97. The number of aliphatic carboxylic acids is 1. The summed E-state index contributed by atoms with van der Waals surface area (Å²) >= 11 is 0. The summed E-state index contributed by atoms with van der Waals surface area (Å²) in [5, 5.41) is 8.95. The van der Waals surface area contributed by atoms with E-state index in [-0.39, 0.29) is 35.9 Å². The number of ether oxygens (including phenoxy) is 1. The molecule has 1 aliphatic heterocycles. The third kappa shape index (κ3) is 4.08. The molecule has 1 atom stereocenters. The van der Waals surface area contributed by atoms with Crippen LogP contribution < -0.4 is 0 Å². The van der Waals surface area contributed by atoms with Crippen LogP contribution >= 0.6 is 0 Å². The molecular formula is C15H19NO6S. The van der Waals surface area contributed by atoms with Gasteiger partial charge in [0.2, 0.25) is 0 Å². The van der Waals surface area contributed by atoms with Crippen molar-refractivity contribution in [1.82, 2.24) is 4.90 Å². The van der Waals surface area contributed by atoms with Crippen molar-refractivity contribution < 1.29 is 27.9 Å². The molecule has 1 fully saturated rings. The molecular weight excluding hydrogens is 322 g/mol. The molecule has 1 aromatic rings. The molecule has 0 aliphatic carbocycles. The summed E-state index contributed by atoms with van der Waals surface area (Å²) in [5.41, 5.74) is 0.793. The lowest BCUT2D eigenvalue weighted by atomic mass is 10.1. The minimum absolute atomic E-state index is 0.103. The van der Waals surface area contributed by atoms with Crippen LogP contribution in [0.5, 0.6) is 0 Å². The van der Waals surface area contributed by atoms with Crippen LogP contribution in [0, 0.1) is 6.92 Å². The topological polar surface area (TPSA) is 101 Å². The Hall–Kier alpha value is -1.93. The van der Waals surface area contributed by atoms with Gasteiger partial charge in [-0.2, -0.15) is 0 Å². The number of carbonyl (C=O) groups is 2. The Morgan fingerprint density at radius 1 is 1.39 bits per heavy atom. The van der Waals surface area contributed by atoms with E-state index in [0.29, 0.717) is 12.2 Å². The Morgan fingerprint density at radius 2 is 2.09 bits per heavy atom. The SMILES string of the molecule is Cc1ccc(C(=O)N2CCOCC2CC(=O)O)cc1S(C)(=O)=O. The van der Waals surface area contributed by atoms with Gasteiger partial charge in [-0.1, -0.05) is 6.07 Å². The van der Waals surface area contributed by atoms with Crippen molar-refractivity contribution in [3.8, 4) is 0 Å². The summed E-state index contributed by atoms with van der Waals surface area (Å²) in [7, 11) is -3.44. The number of hydrogen-bond donors (Lipinski definition) is 1. The lowest BCUT2D eigenvalue weighted by Crippen LogP contribution is -2.49. The van der Waals surface area contributed by atoms with Gasteiger partial charge in [0, 0.05) is 18.4 Å². The lowest BCUT2D eigenvalue weighted by molar-refractivity contribution is -0.139. The van der Waals surface area contributed by atoms with Crippen LogP contribution in [0.15, 0.2) is 23.1 Å². The molecule has 1 saturated heterocycles. The number of morpholine rings is 1. The minimum atomic E-state index is -3.44. The van der Waals surface area contributed by atoms with Gasteiger partial charge in [0.1, 0.15) is 0 Å². The highest BCUT2D eigenvalue weighted by Crippen LogP contribution is 2.20. The number of rotatable bonds is 4. The molecule has 1 amide bonds. The Morgan fingerprint density at radius 3 is 2.70 bits per heavy atom. The zero-order valence-electron chi connectivity index (χ0n) is 13.0. The number of amides is 1. The number of carbonyl (C=O) groups excluding carboxylic acids is 1. The van der Waals surface area contributed by atoms with Gasteiger partial charge in [-0.05, 0) is 24.6 Å². The number of benzene rings is 1. The summed E-state index contributed by atoms with van der Waals surface area (Å²) in [6.07, 6.45) is 0.877. The summed E-state index contributed by atoms with van der Waals surface area (Å²) in [4.78, 5) is 25.1.